The van der Waals surface area contributed by atoms with Crippen LogP contribution in [0.25, 0.3) is 16.7 Å². The fourth-order valence-electron chi connectivity index (χ4n) is 4.22. The Morgan fingerprint density at radius 2 is 1.52 bits per heavy atom. The molecular formula is C24H26N6O2S. The first-order chi connectivity index (χ1) is 16.0. The highest BCUT2D eigenvalue weighted by molar-refractivity contribution is 7.89. The standard InChI is InChI=1S/C24H26N6O2S/c1-3-21-25-23(22-18(2)27-30(24(22)26-21)19-10-6-4-7-11-19)28-14-16-29(17-15-28)33(31,32)20-12-8-5-9-13-20/h4-13H,3,14-17H2,1-2H3. The van der Waals surface area contributed by atoms with Gasteiger partial charge in [0, 0.05) is 32.6 Å². The molecule has 0 radical (unpaired) electrons. The molecule has 0 spiro atoms. The predicted molar refractivity (Wildman–Crippen MR) is 128 cm³/mol. The number of anilines is 1. The van der Waals surface area contributed by atoms with E-state index in [0.29, 0.717) is 37.5 Å². The van der Waals surface area contributed by atoms with Gasteiger partial charge in [-0.1, -0.05) is 43.3 Å². The molecule has 0 unspecified atom stereocenters. The second kappa shape index (κ2) is 8.57. The van der Waals surface area contributed by atoms with Gasteiger partial charge in [0.05, 0.1) is 21.7 Å². The molecule has 8 nitrogen and oxygen atoms in total. The highest BCUT2D eigenvalue weighted by Gasteiger charge is 2.30. The first-order valence-electron chi connectivity index (χ1n) is 11.1. The molecule has 2 aromatic heterocycles. The highest BCUT2D eigenvalue weighted by atomic mass is 32.2. The van der Waals surface area contributed by atoms with Gasteiger partial charge in [-0.3, -0.25) is 0 Å². The van der Waals surface area contributed by atoms with Gasteiger partial charge in [-0.05, 0) is 31.2 Å². The number of rotatable bonds is 5. The van der Waals surface area contributed by atoms with E-state index in [-0.39, 0.29) is 0 Å². The van der Waals surface area contributed by atoms with Crippen molar-refractivity contribution in [3.63, 3.8) is 0 Å². The molecule has 0 saturated carbocycles. The number of fused-ring (bicyclic) bond motifs is 1. The van der Waals surface area contributed by atoms with E-state index < -0.39 is 10.0 Å². The lowest BCUT2D eigenvalue weighted by Crippen LogP contribution is -2.49. The van der Waals surface area contributed by atoms with Crippen molar-refractivity contribution in [2.24, 2.45) is 0 Å². The number of hydrogen-bond acceptors (Lipinski definition) is 6. The van der Waals surface area contributed by atoms with E-state index >= 15 is 0 Å². The molecule has 4 aromatic rings. The van der Waals surface area contributed by atoms with E-state index in [1.807, 2.05) is 54.9 Å². The molecule has 33 heavy (non-hydrogen) atoms. The smallest absolute Gasteiger partial charge is 0.243 e. The fraction of sp³-hybridized carbons (Fsp3) is 0.292. The zero-order chi connectivity index (χ0) is 23.0. The van der Waals surface area contributed by atoms with Gasteiger partial charge in [0.2, 0.25) is 10.0 Å². The maximum Gasteiger partial charge on any atom is 0.243 e. The molecule has 1 saturated heterocycles. The van der Waals surface area contributed by atoms with Crippen LogP contribution in [0.2, 0.25) is 0 Å². The Balaban J connectivity index is 1.49. The summed E-state index contributed by atoms with van der Waals surface area (Å²) in [6.45, 7) is 5.91. The van der Waals surface area contributed by atoms with Gasteiger partial charge >= 0.3 is 0 Å². The second-order valence-corrected chi connectivity index (χ2v) is 9.99. The summed E-state index contributed by atoms with van der Waals surface area (Å²) in [7, 11) is -3.51. The number of aryl methyl sites for hydroxylation is 2. The van der Waals surface area contributed by atoms with Crippen LogP contribution in [0.5, 0.6) is 0 Å². The van der Waals surface area contributed by atoms with Crippen molar-refractivity contribution in [3.8, 4) is 5.69 Å². The number of sulfonamides is 1. The molecule has 9 heteroatoms. The maximum absolute atomic E-state index is 13.0. The Labute approximate surface area is 193 Å². The zero-order valence-corrected chi connectivity index (χ0v) is 19.5. The molecule has 1 fully saturated rings. The Morgan fingerprint density at radius 3 is 2.15 bits per heavy atom. The lowest BCUT2D eigenvalue weighted by Gasteiger charge is -2.35. The lowest BCUT2D eigenvalue weighted by molar-refractivity contribution is 0.384. The summed E-state index contributed by atoms with van der Waals surface area (Å²) >= 11 is 0. The van der Waals surface area contributed by atoms with Gasteiger partial charge in [-0.25, -0.2) is 23.1 Å². The molecule has 0 bridgehead atoms. The maximum atomic E-state index is 13.0. The van der Waals surface area contributed by atoms with E-state index in [0.717, 1.165) is 34.1 Å². The van der Waals surface area contributed by atoms with E-state index in [1.54, 1.807) is 28.6 Å². The van der Waals surface area contributed by atoms with Crippen molar-refractivity contribution in [1.82, 2.24) is 24.1 Å². The van der Waals surface area contributed by atoms with Gasteiger partial charge in [-0.2, -0.15) is 9.40 Å². The molecule has 3 heterocycles. The average Bonchev–Trinajstić information content (AvgIpc) is 3.21. The summed E-state index contributed by atoms with van der Waals surface area (Å²) in [5.74, 6) is 1.57. The summed E-state index contributed by atoms with van der Waals surface area (Å²) in [6.07, 6.45) is 0.699. The number of aromatic nitrogens is 4. The molecule has 0 N–H and O–H groups in total. The van der Waals surface area contributed by atoms with Crippen LogP contribution >= 0.6 is 0 Å². The second-order valence-electron chi connectivity index (χ2n) is 8.05. The Morgan fingerprint density at radius 1 is 0.879 bits per heavy atom. The molecule has 5 rings (SSSR count). The van der Waals surface area contributed by atoms with Crippen LogP contribution in [0, 0.1) is 6.92 Å². The quantitative estimate of drug-likeness (QED) is 0.453. The Bertz CT molecular complexity index is 1380. The van der Waals surface area contributed by atoms with Crippen molar-refractivity contribution in [1.29, 1.82) is 0 Å². The first kappa shape index (κ1) is 21.5. The third-order valence-corrected chi connectivity index (χ3v) is 7.88. The van der Waals surface area contributed by atoms with Crippen LogP contribution in [0.15, 0.2) is 65.6 Å². The number of nitrogens with zero attached hydrogens (tertiary/aromatic N) is 6. The van der Waals surface area contributed by atoms with Crippen molar-refractivity contribution in [3.05, 3.63) is 72.2 Å². The van der Waals surface area contributed by atoms with Crippen molar-refractivity contribution >= 4 is 26.9 Å². The van der Waals surface area contributed by atoms with Gasteiger partial charge < -0.3 is 4.90 Å². The fourth-order valence-corrected chi connectivity index (χ4v) is 5.67. The zero-order valence-electron chi connectivity index (χ0n) is 18.7. The highest BCUT2D eigenvalue weighted by Crippen LogP contribution is 2.30. The minimum atomic E-state index is -3.51. The Kier molecular flexibility index (Phi) is 5.59. The minimum Gasteiger partial charge on any atom is -0.353 e. The van der Waals surface area contributed by atoms with E-state index in [2.05, 4.69) is 4.90 Å². The van der Waals surface area contributed by atoms with Crippen LogP contribution < -0.4 is 4.90 Å². The lowest BCUT2D eigenvalue weighted by atomic mass is 10.2. The van der Waals surface area contributed by atoms with Crippen molar-refractivity contribution in [2.75, 3.05) is 31.1 Å². The third kappa shape index (κ3) is 3.87. The van der Waals surface area contributed by atoms with Crippen LogP contribution in [0.1, 0.15) is 18.4 Å². The van der Waals surface area contributed by atoms with Crippen molar-refractivity contribution in [2.45, 2.75) is 25.2 Å². The van der Waals surface area contributed by atoms with E-state index in [4.69, 9.17) is 15.1 Å². The summed E-state index contributed by atoms with van der Waals surface area (Å²) in [6, 6.07) is 18.6. The van der Waals surface area contributed by atoms with Crippen molar-refractivity contribution < 1.29 is 8.42 Å². The summed E-state index contributed by atoms with van der Waals surface area (Å²) in [4.78, 5) is 12.1. The van der Waals surface area contributed by atoms with Gasteiger partial charge in [-0.15, -0.1) is 0 Å². The third-order valence-electron chi connectivity index (χ3n) is 5.97. The van der Waals surface area contributed by atoms with E-state index in [9.17, 15) is 8.42 Å². The molecule has 170 valence electrons. The van der Waals surface area contributed by atoms with Gasteiger partial charge in [0.15, 0.2) is 5.65 Å². The van der Waals surface area contributed by atoms with E-state index in [1.165, 1.54) is 0 Å². The van der Waals surface area contributed by atoms with Gasteiger partial charge in [0.1, 0.15) is 11.6 Å². The van der Waals surface area contributed by atoms with Gasteiger partial charge in [0.25, 0.3) is 0 Å². The number of hydrogen-bond donors (Lipinski definition) is 0. The molecule has 2 aromatic carbocycles. The van der Waals surface area contributed by atoms with Crippen LogP contribution in [-0.4, -0.2) is 58.7 Å². The summed E-state index contributed by atoms with van der Waals surface area (Å²) in [5, 5.41) is 5.68. The molecule has 1 aliphatic heterocycles. The minimum absolute atomic E-state index is 0.330. The monoisotopic (exact) mass is 462 g/mol. The number of para-hydroxylation sites is 1. The van der Waals surface area contributed by atoms with Crippen LogP contribution in [0.3, 0.4) is 0 Å². The van der Waals surface area contributed by atoms with Crippen LogP contribution in [0.4, 0.5) is 5.82 Å². The SMILES string of the molecule is CCc1nc(N2CCN(S(=O)(=O)c3ccccc3)CC2)c2c(C)nn(-c3ccccc3)c2n1. The molecule has 0 atom stereocenters. The number of piperazine rings is 1. The Hall–Kier alpha value is -3.30. The topological polar surface area (TPSA) is 84.2 Å². The molecular weight excluding hydrogens is 436 g/mol. The summed E-state index contributed by atoms with van der Waals surface area (Å²) < 4.78 is 29.5. The van der Waals surface area contributed by atoms with Crippen LogP contribution in [-0.2, 0) is 16.4 Å². The molecule has 1 aliphatic rings. The first-order valence-corrected chi connectivity index (χ1v) is 12.5. The molecule has 0 amide bonds. The summed E-state index contributed by atoms with van der Waals surface area (Å²) in [5.41, 5.74) is 2.58. The molecule has 0 aliphatic carbocycles. The normalized spacial score (nSPS) is 15.3. The number of benzene rings is 2. The predicted octanol–water partition coefficient (Wildman–Crippen LogP) is 3.20. The average molecular weight is 463 g/mol. The largest absolute Gasteiger partial charge is 0.353 e.